The Morgan fingerprint density at radius 1 is 1.27 bits per heavy atom. The van der Waals surface area contributed by atoms with Gasteiger partial charge in [-0.05, 0) is 32.8 Å². The molecule has 0 bridgehead atoms. The van der Waals surface area contributed by atoms with Gasteiger partial charge in [-0.15, -0.1) is 10.2 Å². The molecule has 0 atom stereocenters. The lowest BCUT2D eigenvalue weighted by atomic mass is 10.1. The molecule has 2 aromatic heterocycles. The second kappa shape index (κ2) is 7.38. The van der Waals surface area contributed by atoms with Gasteiger partial charge in [0.05, 0.1) is 0 Å². The minimum absolute atomic E-state index is 0.256. The summed E-state index contributed by atoms with van der Waals surface area (Å²) in [5, 5.41) is 20.9. The van der Waals surface area contributed by atoms with E-state index in [0.29, 0.717) is 18.0 Å². The van der Waals surface area contributed by atoms with Crippen molar-refractivity contribution in [2.24, 2.45) is 0 Å². The fourth-order valence-electron chi connectivity index (χ4n) is 2.72. The molecule has 3 aromatic rings. The number of fused-ring (bicyclic) bond motifs is 1. The topological polar surface area (TPSA) is 95.7 Å². The van der Waals surface area contributed by atoms with E-state index in [4.69, 9.17) is 0 Å². The van der Waals surface area contributed by atoms with Gasteiger partial charge in [0, 0.05) is 25.0 Å². The van der Waals surface area contributed by atoms with Gasteiger partial charge >= 0.3 is 6.09 Å². The number of nitrogens with one attached hydrogen (secondary N) is 1. The molecule has 0 saturated carbocycles. The summed E-state index contributed by atoms with van der Waals surface area (Å²) in [6.07, 6.45) is 3.04. The normalized spacial score (nSPS) is 11.1. The van der Waals surface area contributed by atoms with Gasteiger partial charge < -0.3 is 10.4 Å². The third kappa shape index (κ3) is 3.58. The van der Waals surface area contributed by atoms with E-state index in [9.17, 15) is 9.90 Å². The molecule has 8 nitrogen and oxygen atoms in total. The van der Waals surface area contributed by atoms with Crippen molar-refractivity contribution in [1.29, 1.82) is 0 Å². The maximum atomic E-state index is 11.5. The summed E-state index contributed by atoms with van der Waals surface area (Å²) >= 11 is 0. The van der Waals surface area contributed by atoms with Crippen LogP contribution in [0.1, 0.15) is 25.0 Å². The number of nitrogens with zero attached hydrogens (tertiary/aromatic N) is 5. The molecule has 136 valence electrons. The molecule has 8 heteroatoms. The number of hydrogen-bond acceptors (Lipinski definition) is 5. The number of rotatable bonds is 6. The predicted molar refractivity (Wildman–Crippen MR) is 99.8 cm³/mol. The molecule has 0 aliphatic carbocycles. The van der Waals surface area contributed by atoms with Gasteiger partial charge in [0.25, 0.3) is 0 Å². The van der Waals surface area contributed by atoms with Crippen LogP contribution in [0.15, 0.2) is 36.7 Å². The van der Waals surface area contributed by atoms with E-state index in [2.05, 4.69) is 51.7 Å². The minimum Gasteiger partial charge on any atom is -0.465 e. The number of hydrogen-bond donors (Lipinski definition) is 2. The summed E-state index contributed by atoms with van der Waals surface area (Å²) in [5.41, 5.74) is 2.96. The van der Waals surface area contributed by atoms with E-state index in [0.717, 1.165) is 6.42 Å². The zero-order valence-corrected chi connectivity index (χ0v) is 15.0. The molecular weight excluding hydrogens is 332 g/mol. The van der Waals surface area contributed by atoms with Gasteiger partial charge in [-0.1, -0.05) is 29.8 Å². The second-order valence-electron chi connectivity index (χ2n) is 6.38. The molecule has 3 rings (SSSR count). The monoisotopic (exact) mass is 354 g/mol. The van der Waals surface area contributed by atoms with E-state index < -0.39 is 6.09 Å². The summed E-state index contributed by atoms with van der Waals surface area (Å²) in [4.78, 5) is 17.0. The number of aryl methyl sites for hydroxylation is 1. The van der Waals surface area contributed by atoms with Crippen LogP contribution in [0.4, 0.5) is 16.6 Å². The lowest BCUT2D eigenvalue weighted by Gasteiger charge is -2.20. The van der Waals surface area contributed by atoms with Crippen LogP contribution in [0.5, 0.6) is 0 Å². The lowest BCUT2D eigenvalue weighted by Crippen LogP contribution is -2.37. The van der Waals surface area contributed by atoms with Gasteiger partial charge in [0.2, 0.25) is 11.6 Å². The van der Waals surface area contributed by atoms with E-state index in [1.165, 1.54) is 16.0 Å². The maximum Gasteiger partial charge on any atom is 0.414 e. The fourth-order valence-corrected chi connectivity index (χ4v) is 2.72. The number of carbonyl (C=O) groups is 1. The molecule has 1 aromatic carbocycles. The maximum absolute atomic E-state index is 11.5. The quantitative estimate of drug-likeness (QED) is 0.706. The number of aromatic nitrogens is 4. The molecule has 0 saturated heterocycles. The molecular formula is C18H22N6O2. The van der Waals surface area contributed by atoms with Crippen molar-refractivity contribution in [1.82, 2.24) is 19.6 Å². The molecule has 26 heavy (non-hydrogen) atoms. The van der Waals surface area contributed by atoms with Crippen LogP contribution in [0, 0.1) is 6.92 Å². The summed E-state index contributed by atoms with van der Waals surface area (Å²) in [6, 6.07) is 8.13. The van der Waals surface area contributed by atoms with Crippen LogP contribution >= 0.6 is 0 Å². The van der Waals surface area contributed by atoms with Crippen molar-refractivity contribution < 1.29 is 9.90 Å². The molecule has 0 aliphatic rings. The Morgan fingerprint density at radius 2 is 2.00 bits per heavy atom. The highest BCUT2D eigenvalue weighted by molar-refractivity contribution is 5.85. The Labute approximate surface area is 151 Å². The van der Waals surface area contributed by atoms with Crippen molar-refractivity contribution in [3.63, 3.8) is 0 Å². The first-order chi connectivity index (χ1) is 12.5. The van der Waals surface area contributed by atoms with Crippen LogP contribution < -0.4 is 10.2 Å². The molecule has 0 radical (unpaired) electrons. The second-order valence-corrected chi connectivity index (χ2v) is 6.38. The van der Waals surface area contributed by atoms with Crippen LogP contribution in [0.2, 0.25) is 0 Å². The van der Waals surface area contributed by atoms with E-state index >= 15 is 0 Å². The zero-order valence-electron chi connectivity index (χ0n) is 15.0. The van der Waals surface area contributed by atoms with Crippen molar-refractivity contribution in [2.75, 3.05) is 16.8 Å². The largest absolute Gasteiger partial charge is 0.465 e. The first-order valence-corrected chi connectivity index (χ1v) is 8.48. The van der Waals surface area contributed by atoms with Crippen LogP contribution in [0.3, 0.4) is 0 Å². The van der Waals surface area contributed by atoms with Crippen LogP contribution in [0.25, 0.3) is 5.65 Å². The van der Waals surface area contributed by atoms with E-state index in [1.54, 1.807) is 30.6 Å². The van der Waals surface area contributed by atoms with Crippen molar-refractivity contribution >= 4 is 23.5 Å². The molecule has 0 fully saturated rings. The summed E-state index contributed by atoms with van der Waals surface area (Å²) < 4.78 is 1.63. The number of carboxylic acid groups (broad SMARTS) is 1. The first-order valence-electron chi connectivity index (χ1n) is 8.48. The van der Waals surface area contributed by atoms with E-state index in [1.807, 2.05) is 0 Å². The summed E-state index contributed by atoms with van der Waals surface area (Å²) in [7, 11) is 0. The minimum atomic E-state index is -1.07. The highest BCUT2D eigenvalue weighted by Crippen LogP contribution is 2.20. The Kier molecular flexibility index (Phi) is 5.01. The molecule has 0 unspecified atom stereocenters. The van der Waals surface area contributed by atoms with Gasteiger partial charge in [-0.25, -0.2) is 14.7 Å². The molecule has 2 heterocycles. The number of benzene rings is 1. The van der Waals surface area contributed by atoms with Gasteiger partial charge in [0.15, 0.2) is 5.82 Å². The lowest BCUT2D eigenvalue weighted by molar-refractivity contribution is 0.199. The van der Waals surface area contributed by atoms with Crippen LogP contribution in [-0.4, -0.2) is 43.4 Å². The third-order valence-corrected chi connectivity index (χ3v) is 4.07. The smallest absolute Gasteiger partial charge is 0.414 e. The van der Waals surface area contributed by atoms with Crippen molar-refractivity contribution in [3.05, 3.63) is 47.8 Å². The van der Waals surface area contributed by atoms with Crippen molar-refractivity contribution in [3.8, 4) is 0 Å². The molecule has 0 spiro atoms. The highest BCUT2D eigenvalue weighted by atomic mass is 16.4. The molecule has 2 N–H and O–H groups in total. The average Bonchev–Trinajstić information content (AvgIpc) is 3.01. The van der Waals surface area contributed by atoms with Gasteiger partial charge in [-0.2, -0.15) is 0 Å². The third-order valence-electron chi connectivity index (χ3n) is 4.07. The summed E-state index contributed by atoms with van der Waals surface area (Å²) in [5.74, 6) is 0.832. The standard InChI is InChI=1S/C18H22N6O2/c1-12(2)24(18(25)26)17-22-21-16-15(20-10-11-23(16)17)19-9-8-14-6-4-13(3)5-7-14/h4-7,10-12H,8-9H2,1-3H3,(H,19,20)(H,25,26). The Hall–Kier alpha value is -3.16. The summed E-state index contributed by atoms with van der Waals surface area (Å²) in [6.45, 7) is 6.33. The fraction of sp³-hybridized carbons (Fsp3) is 0.333. The van der Waals surface area contributed by atoms with Crippen LogP contribution in [-0.2, 0) is 6.42 Å². The predicted octanol–water partition coefficient (Wildman–Crippen LogP) is 2.98. The number of anilines is 2. The van der Waals surface area contributed by atoms with Gasteiger partial charge in [-0.3, -0.25) is 4.40 Å². The molecule has 1 amide bonds. The first kappa shape index (κ1) is 17.7. The zero-order chi connectivity index (χ0) is 18.7. The Morgan fingerprint density at radius 3 is 2.65 bits per heavy atom. The highest BCUT2D eigenvalue weighted by Gasteiger charge is 2.24. The van der Waals surface area contributed by atoms with E-state index in [-0.39, 0.29) is 12.0 Å². The Bertz CT molecular complexity index is 904. The SMILES string of the molecule is Cc1ccc(CCNc2nccn3c(N(C(=O)O)C(C)C)nnc23)cc1. The number of amides is 1. The average molecular weight is 354 g/mol. The Balaban J connectivity index is 1.79. The molecule has 0 aliphatic heterocycles. The van der Waals surface area contributed by atoms with Crippen molar-refractivity contribution in [2.45, 2.75) is 33.2 Å². The van der Waals surface area contributed by atoms with Gasteiger partial charge in [0.1, 0.15) is 0 Å².